The van der Waals surface area contributed by atoms with Gasteiger partial charge in [-0.3, -0.25) is 10.2 Å². The van der Waals surface area contributed by atoms with E-state index >= 15 is 0 Å². The van der Waals surface area contributed by atoms with E-state index in [2.05, 4.69) is 4.98 Å². The van der Waals surface area contributed by atoms with Gasteiger partial charge in [-0.2, -0.15) is 0 Å². The molecule has 0 atom stereocenters. The summed E-state index contributed by atoms with van der Waals surface area (Å²) in [4.78, 5) is 16.8. The van der Waals surface area contributed by atoms with Crippen LogP contribution in [0.4, 0.5) is 0 Å². The zero-order chi connectivity index (χ0) is 13.9. The fraction of sp³-hybridized carbons (Fsp3) is 0.0769. The molecule has 0 saturated heterocycles. The summed E-state index contributed by atoms with van der Waals surface area (Å²) in [6.45, 7) is 0.505. The molecule has 0 unspecified atom stereocenters. The average molecular weight is 288 g/mol. The summed E-state index contributed by atoms with van der Waals surface area (Å²) < 4.78 is 7.41. The van der Waals surface area contributed by atoms with Gasteiger partial charge in [-0.25, -0.2) is 10.8 Å². The molecule has 0 spiro atoms. The third-order valence-electron chi connectivity index (χ3n) is 2.80. The Morgan fingerprint density at radius 3 is 3.10 bits per heavy atom. The van der Waals surface area contributed by atoms with E-state index in [1.54, 1.807) is 29.7 Å². The molecule has 6 nitrogen and oxygen atoms in total. The normalized spacial score (nSPS) is 10.7. The minimum atomic E-state index is -0.444. The number of nitrogens with zero attached hydrogens (tertiary/aromatic N) is 2. The molecule has 20 heavy (non-hydrogen) atoms. The lowest BCUT2D eigenvalue weighted by Gasteiger charge is -2.04. The molecule has 0 bridgehead atoms. The first-order valence-electron chi connectivity index (χ1n) is 5.92. The lowest BCUT2D eigenvalue weighted by molar-refractivity contribution is 0.0924. The van der Waals surface area contributed by atoms with Gasteiger partial charge in [-0.15, -0.1) is 11.3 Å². The van der Waals surface area contributed by atoms with E-state index in [9.17, 15) is 4.79 Å². The van der Waals surface area contributed by atoms with Crippen molar-refractivity contribution in [2.75, 3.05) is 0 Å². The quantitative estimate of drug-likeness (QED) is 0.436. The molecule has 3 heterocycles. The molecule has 0 saturated carbocycles. The fourth-order valence-electron chi connectivity index (χ4n) is 1.89. The highest BCUT2D eigenvalue weighted by molar-refractivity contribution is 7.13. The van der Waals surface area contributed by atoms with Gasteiger partial charge in [0.25, 0.3) is 0 Å². The Morgan fingerprint density at radius 1 is 1.45 bits per heavy atom. The van der Waals surface area contributed by atoms with E-state index < -0.39 is 5.91 Å². The summed E-state index contributed by atoms with van der Waals surface area (Å²) in [5, 5.41) is 2.00. The minimum absolute atomic E-state index is 0.195. The second-order valence-corrected chi connectivity index (χ2v) is 5.04. The number of thiophene rings is 1. The number of nitrogens with two attached hydrogens (primary N) is 1. The molecule has 3 aromatic heterocycles. The molecule has 7 heteroatoms. The maximum Gasteiger partial charge on any atom is 0.300 e. The lowest BCUT2D eigenvalue weighted by Crippen LogP contribution is -2.29. The van der Waals surface area contributed by atoms with Crippen molar-refractivity contribution in [1.82, 2.24) is 15.0 Å². The van der Waals surface area contributed by atoms with Crippen LogP contribution in [-0.2, 0) is 6.54 Å². The number of amides is 1. The number of carbonyl (C=O) groups excluding carboxylic acids is 1. The van der Waals surface area contributed by atoms with E-state index in [0.717, 1.165) is 10.7 Å². The molecule has 0 radical (unpaired) electrons. The Labute approximate surface area is 118 Å². The number of nitrogen functional groups attached to an aromatic ring is 1. The van der Waals surface area contributed by atoms with Gasteiger partial charge in [-0.05, 0) is 23.6 Å². The van der Waals surface area contributed by atoms with Crippen molar-refractivity contribution in [3.63, 3.8) is 0 Å². The van der Waals surface area contributed by atoms with Crippen LogP contribution in [-0.4, -0.2) is 15.5 Å². The van der Waals surface area contributed by atoms with Crippen molar-refractivity contribution >= 4 is 17.2 Å². The molecular weight excluding hydrogens is 276 g/mol. The summed E-state index contributed by atoms with van der Waals surface area (Å²) in [6, 6.07) is 7.34. The van der Waals surface area contributed by atoms with Crippen molar-refractivity contribution < 1.29 is 9.21 Å². The van der Waals surface area contributed by atoms with Crippen molar-refractivity contribution in [3.8, 4) is 10.7 Å². The second-order valence-electron chi connectivity index (χ2n) is 4.10. The van der Waals surface area contributed by atoms with E-state index in [1.807, 2.05) is 33.7 Å². The number of hydrazine groups is 1. The second kappa shape index (κ2) is 5.32. The van der Waals surface area contributed by atoms with E-state index in [4.69, 9.17) is 10.3 Å². The van der Waals surface area contributed by atoms with Crippen LogP contribution in [0.5, 0.6) is 0 Å². The Morgan fingerprint density at radius 2 is 2.35 bits per heavy atom. The van der Waals surface area contributed by atoms with Crippen LogP contribution >= 0.6 is 11.3 Å². The van der Waals surface area contributed by atoms with Crippen LogP contribution in [0.1, 0.15) is 16.3 Å². The first kappa shape index (κ1) is 12.6. The van der Waals surface area contributed by atoms with Gasteiger partial charge in [0.15, 0.2) is 5.76 Å². The summed E-state index contributed by atoms with van der Waals surface area (Å²) in [5.74, 6) is 6.36. The summed E-state index contributed by atoms with van der Waals surface area (Å²) >= 11 is 1.62. The first-order valence-corrected chi connectivity index (χ1v) is 6.80. The molecular formula is C13H12N4O2S. The van der Waals surface area contributed by atoms with Crippen LogP contribution < -0.4 is 11.3 Å². The summed E-state index contributed by atoms with van der Waals surface area (Å²) in [6.07, 6.45) is 3.62. The molecule has 102 valence electrons. The molecule has 0 aliphatic heterocycles. The van der Waals surface area contributed by atoms with E-state index in [-0.39, 0.29) is 5.76 Å². The monoisotopic (exact) mass is 288 g/mol. The highest BCUT2D eigenvalue weighted by atomic mass is 32.1. The zero-order valence-electron chi connectivity index (χ0n) is 10.4. The predicted molar refractivity (Wildman–Crippen MR) is 75.0 cm³/mol. The molecule has 0 fully saturated rings. The highest BCUT2D eigenvalue weighted by Crippen LogP contribution is 2.23. The molecule has 1 amide bonds. The van der Waals surface area contributed by atoms with Gasteiger partial charge in [0.05, 0.1) is 11.4 Å². The van der Waals surface area contributed by atoms with Crippen LogP contribution in [0.3, 0.4) is 0 Å². The molecule has 0 aliphatic rings. The van der Waals surface area contributed by atoms with Gasteiger partial charge in [0, 0.05) is 12.4 Å². The van der Waals surface area contributed by atoms with Crippen LogP contribution in [0.25, 0.3) is 10.7 Å². The van der Waals surface area contributed by atoms with Crippen molar-refractivity contribution in [2.24, 2.45) is 5.84 Å². The minimum Gasteiger partial charge on any atom is -0.454 e. The SMILES string of the molecule is NNC(=O)c1ccc(Cn2ccnc2-c2cccs2)o1. The Balaban J connectivity index is 1.84. The third kappa shape index (κ3) is 2.36. The zero-order valence-corrected chi connectivity index (χ0v) is 11.3. The molecule has 0 aliphatic carbocycles. The van der Waals surface area contributed by atoms with Gasteiger partial charge >= 0.3 is 5.91 Å². The van der Waals surface area contributed by atoms with Crippen LogP contribution in [0.15, 0.2) is 46.5 Å². The number of nitrogens with one attached hydrogen (secondary N) is 1. The van der Waals surface area contributed by atoms with Crippen LogP contribution in [0.2, 0.25) is 0 Å². The Hall–Kier alpha value is -2.38. The topological polar surface area (TPSA) is 86.1 Å². The highest BCUT2D eigenvalue weighted by Gasteiger charge is 2.12. The number of aromatic nitrogens is 2. The largest absolute Gasteiger partial charge is 0.454 e. The average Bonchev–Trinajstić information content (AvgIpc) is 3.18. The van der Waals surface area contributed by atoms with E-state index in [1.165, 1.54) is 0 Å². The predicted octanol–water partition coefficient (Wildman–Crippen LogP) is 1.86. The maximum absolute atomic E-state index is 11.3. The van der Waals surface area contributed by atoms with Crippen molar-refractivity contribution in [2.45, 2.75) is 6.54 Å². The van der Waals surface area contributed by atoms with Gasteiger partial charge in [0.1, 0.15) is 11.6 Å². The third-order valence-corrected chi connectivity index (χ3v) is 3.67. The molecule has 3 N–H and O–H groups in total. The number of carbonyl (C=O) groups is 1. The maximum atomic E-state index is 11.3. The standard InChI is InChI=1S/C13H12N4O2S/c14-16-13(18)10-4-3-9(19-10)8-17-6-5-15-12(17)11-2-1-7-20-11/h1-7H,8,14H2,(H,16,18). The molecule has 3 rings (SSSR count). The summed E-state index contributed by atoms with van der Waals surface area (Å²) in [5.41, 5.74) is 2.04. The number of hydrogen-bond acceptors (Lipinski definition) is 5. The van der Waals surface area contributed by atoms with Gasteiger partial charge < -0.3 is 8.98 Å². The Bertz CT molecular complexity index is 714. The van der Waals surface area contributed by atoms with Crippen LogP contribution in [0, 0.1) is 0 Å². The number of rotatable bonds is 4. The lowest BCUT2D eigenvalue weighted by atomic mass is 10.4. The number of imidazole rings is 1. The first-order chi connectivity index (χ1) is 9.78. The van der Waals surface area contributed by atoms with Crippen molar-refractivity contribution in [1.29, 1.82) is 0 Å². The fourth-order valence-corrected chi connectivity index (χ4v) is 2.63. The number of furan rings is 1. The number of hydrogen-bond donors (Lipinski definition) is 2. The Kier molecular flexibility index (Phi) is 3.36. The molecule has 0 aromatic carbocycles. The molecule has 3 aromatic rings. The van der Waals surface area contributed by atoms with Gasteiger partial charge in [0.2, 0.25) is 0 Å². The smallest absolute Gasteiger partial charge is 0.300 e. The van der Waals surface area contributed by atoms with Gasteiger partial charge in [-0.1, -0.05) is 6.07 Å². The summed E-state index contributed by atoms with van der Waals surface area (Å²) in [7, 11) is 0. The van der Waals surface area contributed by atoms with Crippen molar-refractivity contribution in [3.05, 3.63) is 53.6 Å². The van der Waals surface area contributed by atoms with E-state index in [0.29, 0.717) is 12.3 Å².